The standard InChI is InChI=1S/C12H13ClN4OS/c1-19-8-2-3-10(13)9(6-8)12(18)14-5-4-11-15-7-16-17-11/h2-3,6-7H,4-5H2,1H3,(H,14,18)(H,15,16,17). The lowest BCUT2D eigenvalue weighted by Crippen LogP contribution is -2.26. The lowest BCUT2D eigenvalue weighted by molar-refractivity contribution is 0.0954. The third-order valence-electron chi connectivity index (χ3n) is 2.53. The molecule has 0 atom stereocenters. The average Bonchev–Trinajstić information content (AvgIpc) is 2.92. The first kappa shape index (κ1) is 13.9. The van der Waals surface area contributed by atoms with Gasteiger partial charge in [0.05, 0.1) is 10.6 Å². The van der Waals surface area contributed by atoms with Gasteiger partial charge < -0.3 is 5.32 Å². The van der Waals surface area contributed by atoms with Crippen molar-refractivity contribution < 1.29 is 4.79 Å². The van der Waals surface area contributed by atoms with Crippen LogP contribution in [0.3, 0.4) is 0 Å². The fraction of sp³-hybridized carbons (Fsp3) is 0.250. The summed E-state index contributed by atoms with van der Waals surface area (Å²) in [5.74, 6) is 0.560. The van der Waals surface area contributed by atoms with Crippen molar-refractivity contribution in [3.8, 4) is 0 Å². The van der Waals surface area contributed by atoms with Crippen LogP contribution in [0.1, 0.15) is 16.2 Å². The van der Waals surface area contributed by atoms with Crippen LogP contribution in [0.15, 0.2) is 29.4 Å². The highest BCUT2D eigenvalue weighted by molar-refractivity contribution is 7.98. The molecule has 5 nitrogen and oxygen atoms in total. The van der Waals surface area contributed by atoms with E-state index in [9.17, 15) is 4.79 Å². The van der Waals surface area contributed by atoms with E-state index in [1.54, 1.807) is 23.9 Å². The van der Waals surface area contributed by atoms with Crippen LogP contribution in [-0.4, -0.2) is 33.9 Å². The molecule has 0 fully saturated rings. The van der Waals surface area contributed by atoms with Crippen LogP contribution in [-0.2, 0) is 6.42 Å². The Morgan fingerprint density at radius 3 is 3.05 bits per heavy atom. The third-order valence-corrected chi connectivity index (χ3v) is 3.59. The molecule has 0 bridgehead atoms. The first-order chi connectivity index (χ1) is 9.20. The van der Waals surface area contributed by atoms with Crippen molar-refractivity contribution in [2.45, 2.75) is 11.3 Å². The fourth-order valence-electron chi connectivity index (χ4n) is 1.55. The third kappa shape index (κ3) is 3.71. The number of hydrogen-bond acceptors (Lipinski definition) is 4. The minimum Gasteiger partial charge on any atom is -0.352 e. The molecular weight excluding hydrogens is 284 g/mol. The summed E-state index contributed by atoms with van der Waals surface area (Å²) in [6.07, 6.45) is 4.00. The summed E-state index contributed by atoms with van der Waals surface area (Å²) in [6, 6.07) is 5.41. The second-order valence-corrected chi connectivity index (χ2v) is 5.07. The number of H-pyrrole nitrogens is 1. The van der Waals surface area contributed by atoms with Gasteiger partial charge in [0.1, 0.15) is 12.2 Å². The smallest absolute Gasteiger partial charge is 0.252 e. The zero-order chi connectivity index (χ0) is 13.7. The van der Waals surface area contributed by atoms with Crippen LogP contribution in [0.4, 0.5) is 0 Å². The predicted molar refractivity (Wildman–Crippen MR) is 75.7 cm³/mol. The number of aromatic amines is 1. The van der Waals surface area contributed by atoms with Crippen LogP contribution in [0, 0.1) is 0 Å². The second kappa shape index (κ2) is 6.58. The molecule has 1 amide bonds. The van der Waals surface area contributed by atoms with E-state index in [1.807, 2.05) is 12.3 Å². The van der Waals surface area contributed by atoms with Gasteiger partial charge in [-0.3, -0.25) is 9.89 Å². The second-order valence-electron chi connectivity index (χ2n) is 3.78. The Hall–Kier alpha value is -1.53. The van der Waals surface area contributed by atoms with Crippen molar-refractivity contribution >= 4 is 29.3 Å². The van der Waals surface area contributed by atoms with Gasteiger partial charge in [0.2, 0.25) is 0 Å². The largest absolute Gasteiger partial charge is 0.352 e. The number of carbonyl (C=O) groups is 1. The SMILES string of the molecule is CSc1ccc(Cl)c(C(=O)NCCc2ncn[nH]2)c1. The Kier molecular flexibility index (Phi) is 4.81. The van der Waals surface area contributed by atoms with E-state index in [-0.39, 0.29) is 5.91 Å². The lowest BCUT2D eigenvalue weighted by atomic mass is 10.2. The Balaban J connectivity index is 1.95. The number of carbonyl (C=O) groups excluding carboxylic acids is 1. The van der Waals surface area contributed by atoms with E-state index in [0.29, 0.717) is 23.6 Å². The number of rotatable bonds is 5. The minimum absolute atomic E-state index is 0.180. The topological polar surface area (TPSA) is 70.7 Å². The molecule has 0 aliphatic heterocycles. The van der Waals surface area contributed by atoms with Crippen LogP contribution >= 0.6 is 23.4 Å². The van der Waals surface area contributed by atoms with Gasteiger partial charge in [0.15, 0.2) is 0 Å². The molecule has 0 aliphatic carbocycles. The number of amides is 1. The Morgan fingerprint density at radius 1 is 1.53 bits per heavy atom. The molecule has 0 radical (unpaired) electrons. The summed E-state index contributed by atoms with van der Waals surface area (Å²) in [7, 11) is 0. The van der Waals surface area contributed by atoms with E-state index >= 15 is 0 Å². The maximum Gasteiger partial charge on any atom is 0.252 e. The lowest BCUT2D eigenvalue weighted by Gasteiger charge is -2.07. The predicted octanol–water partition coefficient (Wildman–Crippen LogP) is 2.15. The van der Waals surface area contributed by atoms with Crippen LogP contribution < -0.4 is 5.32 Å². The first-order valence-corrected chi connectivity index (χ1v) is 7.27. The quantitative estimate of drug-likeness (QED) is 0.830. The van der Waals surface area contributed by atoms with Crippen LogP contribution in [0.2, 0.25) is 5.02 Å². The molecule has 0 aliphatic rings. The van der Waals surface area contributed by atoms with E-state index < -0.39 is 0 Å². The van der Waals surface area contributed by atoms with Crippen LogP contribution in [0.5, 0.6) is 0 Å². The molecule has 0 saturated heterocycles. The zero-order valence-electron chi connectivity index (χ0n) is 10.3. The van der Waals surface area contributed by atoms with E-state index in [1.165, 1.54) is 6.33 Å². The van der Waals surface area contributed by atoms with E-state index in [2.05, 4.69) is 20.5 Å². The molecule has 2 aromatic rings. The maximum atomic E-state index is 12.0. The molecule has 19 heavy (non-hydrogen) atoms. The number of aromatic nitrogens is 3. The van der Waals surface area contributed by atoms with Gasteiger partial charge in [-0.2, -0.15) is 5.10 Å². The number of nitrogens with one attached hydrogen (secondary N) is 2. The minimum atomic E-state index is -0.180. The van der Waals surface area contributed by atoms with E-state index in [4.69, 9.17) is 11.6 Å². The number of benzene rings is 1. The monoisotopic (exact) mass is 296 g/mol. The first-order valence-electron chi connectivity index (χ1n) is 5.66. The highest BCUT2D eigenvalue weighted by Crippen LogP contribution is 2.22. The van der Waals surface area contributed by atoms with Gasteiger partial charge in [-0.1, -0.05) is 11.6 Å². The molecule has 2 N–H and O–H groups in total. The molecule has 1 aromatic carbocycles. The van der Waals surface area contributed by atoms with Crippen LogP contribution in [0.25, 0.3) is 0 Å². The Labute approximate surface area is 120 Å². The molecule has 1 aromatic heterocycles. The molecule has 1 heterocycles. The van der Waals surface area contributed by atoms with Gasteiger partial charge in [0.25, 0.3) is 5.91 Å². The molecule has 0 spiro atoms. The normalized spacial score (nSPS) is 10.4. The number of thioether (sulfide) groups is 1. The summed E-state index contributed by atoms with van der Waals surface area (Å²) in [5.41, 5.74) is 0.492. The molecule has 2 rings (SSSR count). The highest BCUT2D eigenvalue weighted by atomic mass is 35.5. The van der Waals surface area contributed by atoms with Gasteiger partial charge in [0, 0.05) is 17.9 Å². The zero-order valence-corrected chi connectivity index (χ0v) is 11.9. The summed E-state index contributed by atoms with van der Waals surface area (Å²) in [4.78, 5) is 17.0. The summed E-state index contributed by atoms with van der Waals surface area (Å²) >= 11 is 7.60. The fourth-order valence-corrected chi connectivity index (χ4v) is 2.19. The van der Waals surface area contributed by atoms with Gasteiger partial charge in [-0.25, -0.2) is 4.98 Å². The molecule has 0 saturated carbocycles. The number of halogens is 1. The van der Waals surface area contributed by atoms with Crippen molar-refractivity contribution in [3.63, 3.8) is 0 Å². The summed E-state index contributed by atoms with van der Waals surface area (Å²) < 4.78 is 0. The molecule has 7 heteroatoms. The molecule has 100 valence electrons. The summed E-state index contributed by atoms with van der Waals surface area (Å²) in [5, 5.41) is 9.74. The number of hydrogen-bond donors (Lipinski definition) is 2. The van der Waals surface area contributed by atoms with E-state index in [0.717, 1.165) is 10.7 Å². The van der Waals surface area contributed by atoms with Crippen molar-refractivity contribution in [1.82, 2.24) is 20.5 Å². The van der Waals surface area contributed by atoms with Gasteiger partial charge >= 0.3 is 0 Å². The van der Waals surface area contributed by atoms with Crippen molar-refractivity contribution in [3.05, 3.63) is 40.9 Å². The Bertz CT molecular complexity index is 559. The number of nitrogens with zero attached hydrogens (tertiary/aromatic N) is 2. The van der Waals surface area contributed by atoms with Crippen molar-refractivity contribution in [1.29, 1.82) is 0 Å². The Morgan fingerprint density at radius 2 is 2.37 bits per heavy atom. The molecular formula is C12H13ClN4OS. The summed E-state index contributed by atoms with van der Waals surface area (Å²) in [6.45, 7) is 0.480. The highest BCUT2D eigenvalue weighted by Gasteiger charge is 2.10. The van der Waals surface area contributed by atoms with Crippen molar-refractivity contribution in [2.75, 3.05) is 12.8 Å². The van der Waals surface area contributed by atoms with Gasteiger partial charge in [-0.05, 0) is 24.5 Å². The molecule has 0 unspecified atom stereocenters. The average molecular weight is 297 g/mol. The van der Waals surface area contributed by atoms with Gasteiger partial charge in [-0.15, -0.1) is 11.8 Å². The maximum absolute atomic E-state index is 12.0. The van der Waals surface area contributed by atoms with Crippen molar-refractivity contribution in [2.24, 2.45) is 0 Å².